The molecule has 0 radical (unpaired) electrons. The largest absolute Gasteiger partial charge is 0.351 e. The molecule has 1 amide bonds. The second kappa shape index (κ2) is 6.89. The molecule has 5 nitrogen and oxygen atoms in total. The first-order valence-electron chi connectivity index (χ1n) is 3.31. The molecular formula is C6H8Cl3N3O2. The molecule has 0 aliphatic carbocycles. The van der Waals surface area contributed by atoms with E-state index >= 15 is 0 Å². The number of hydrogen-bond acceptors (Lipinski definition) is 3. The Kier molecular flexibility index (Phi) is 6.65. The van der Waals surface area contributed by atoms with Gasteiger partial charge in [0.2, 0.25) is 0 Å². The van der Waals surface area contributed by atoms with Crippen molar-refractivity contribution in [2.45, 2.75) is 3.79 Å². The van der Waals surface area contributed by atoms with Crippen LogP contribution in [0.3, 0.4) is 0 Å². The van der Waals surface area contributed by atoms with Crippen molar-refractivity contribution in [3.63, 3.8) is 0 Å². The van der Waals surface area contributed by atoms with E-state index in [1.54, 1.807) is 18.7 Å². The van der Waals surface area contributed by atoms with Crippen molar-refractivity contribution in [3.8, 4) is 0 Å². The van der Waals surface area contributed by atoms with Crippen molar-refractivity contribution in [1.82, 2.24) is 15.4 Å². The summed E-state index contributed by atoms with van der Waals surface area (Å²) in [5, 5.41) is 0. The van der Waals surface area contributed by atoms with E-state index in [2.05, 4.69) is 14.8 Å². The maximum Gasteiger partial charge on any atom is 0.295 e. The Labute approximate surface area is 95.6 Å². The molecule has 8 heteroatoms. The predicted octanol–water partition coefficient (Wildman–Crippen LogP) is 1.44. The lowest BCUT2D eigenvalue weighted by Gasteiger charge is -2.07. The fourth-order valence-electron chi connectivity index (χ4n) is 0.366. The summed E-state index contributed by atoms with van der Waals surface area (Å²) < 4.78 is -1.95. The molecule has 1 aromatic heterocycles. The topological polar surface area (TPSA) is 67.0 Å². The van der Waals surface area contributed by atoms with E-state index in [0.29, 0.717) is 0 Å². The van der Waals surface area contributed by atoms with Crippen LogP contribution < -0.4 is 5.48 Å². The van der Waals surface area contributed by atoms with Crippen LogP contribution in [0, 0.1) is 0 Å². The van der Waals surface area contributed by atoms with Gasteiger partial charge in [0.05, 0.1) is 13.4 Å². The first-order chi connectivity index (χ1) is 6.48. The number of nitrogens with zero attached hydrogens (tertiary/aromatic N) is 1. The van der Waals surface area contributed by atoms with E-state index < -0.39 is 9.70 Å². The van der Waals surface area contributed by atoms with E-state index in [0.717, 1.165) is 0 Å². The maximum absolute atomic E-state index is 10.4. The lowest BCUT2D eigenvalue weighted by atomic mass is 10.7. The third kappa shape index (κ3) is 6.97. The number of halogens is 3. The Bertz CT molecular complexity index is 230. The van der Waals surface area contributed by atoms with Gasteiger partial charge in [-0.25, -0.2) is 10.5 Å². The molecule has 0 unspecified atom stereocenters. The van der Waals surface area contributed by atoms with Crippen LogP contribution in [0.15, 0.2) is 18.7 Å². The molecule has 1 rings (SSSR count). The number of imidazole rings is 1. The molecule has 0 aliphatic heterocycles. The van der Waals surface area contributed by atoms with Gasteiger partial charge in [-0.3, -0.25) is 9.63 Å². The van der Waals surface area contributed by atoms with Crippen molar-refractivity contribution in [3.05, 3.63) is 18.7 Å². The Hall–Kier alpha value is -0.490. The lowest BCUT2D eigenvalue weighted by molar-refractivity contribution is -0.130. The molecule has 0 spiro atoms. The van der Waals surface area contributed by atoms with E-state index in [4.69, 9.17) is 34.8 Å². The number of hydrogen-bond donors (Lipinski definition) is 2. The third-order valence-corrected chi connectivity index (χ3v) is 1.37. The summed E-state index contributed by atoms with van der Waals surface area (Å²) in [7, 11) is 1.24. The van der Waals surface area contributed by atoms with Gasteiger partial charge in [-0.15, -0.1) is 0 Å². The Morgan fingerprint density at radius 3 is 2.36 bits per heavy atom. The number of alkyl halides is 3. The Morgan fingerprint density at radius 2 is 2.21 bits per heavy atom. The van der Waals surface area contributed by atoms with Crippen molar-refractivity contribution < 1.29 is 9.63 Å². The van der Waals surface area contributed by atoms with Crippen LogP contribution in [0.25, 0.3) is 0 Å². The number of amides is 1. The summed E-state index contributed by atoms with van der Waals surface area (Å²) in [6, 6.07) is 0. The molecule has 14 heavy (non-hydrogen) atoms. The molecule has 0 fully saturated rings. The van der Waals surface area contributed by atoms with Crippen molar-refractivity contribution in [2.24, 2.45) is 0 Å². The van der Waals surface area contributed by atoms with Crippen LogP contribution in [0.1, 0.15) is 0 Å². The number of aromatic amines is 1. The highest BCUT2D eigenvalue weighted by atomic mass is 35.6. The highest BCUT2D eigenvalue weighted by molar-refractivity contribution is 6.76. The van der Waals surface area contributed by atoms with Crippen molar-refractivity contribution in [1.29, 1.82) is 0 Å². The van der Waals surface area contributed by atoms with Crippen molar-refractivity contribution in [2.75, 3.05) is 7.11 Å². The number of hydroxylamine groups is 1. The molecular weight excluding hydrogens is 252 g/mol. The number of carbonyl (C=O) groups excluding carboxylic acids is 1. The van der Waals surface area contributed by atoms with Gasteiger partial charge in [0.15, 0.2) is 0 Å². The molecule has 0 atom stereocenters. The molecule has 80 valence electrons. The minimum Gasteiger partial charge on any atom is -0.351 e. The average Bonchev–Trinajstić information content (AvgIpc) is 2.59. The molecule has 1 heterocycles. The van der Waals surface area contributed by atoms with E-state index in [1.807, 2.05) is 5.48 Å². The summed E-state index contributed by atoms with van der Waals surface area (Å²) in [5.74, 6) is -0.810. The van der Waals surface area contributed by atoms with E-state index in [9.17, 15) is 4.79 Å². The number of carbonyl (C=O) groups is 1. The minimum absolute atomic E-state index is 0.810. The van der Waals surface area contributed by atoms with Crippen LogP contribution in [0.2, 0.25) is 0 Å². The monoisotopic (exact) mass is 259 g/mol. The SMILES string of the molecule is CONC(=O)C(Cl)(Cl)Cl.c1c[nH]cn1. The zero-order valence-corrected chi connectivity index (χ0v) is 9.40. The van der Waals surface area contributed by atoms with E-state index in [1.165, 1.54) is 7.11 Å². The third-order valence-electron chi connectivity index (χ3n) is 0.858. The number of rotatable bonds is 1. The summed E-state index contributed by atoms with van der Waals surface area (Å²) in [5.41, 5.74) is 1.85. The first-order valence-corrected chi connectivity index (χ1v) is 4.44. The summed E-state index contributed by atoms with van der Waals surface area (Å²) >= 11 is 15.3. The molecule has 2 N–H and O–H groups in total. The van der Waals surface area contributed by atoms with Gasteiger partial charge in [0.1, 0.15) is 0 Å². The molecule has 0 aromatic carbocycles. The smallest absolute Gasteiger partial charge is 0.295 e. The summed E-state index contributed by atoms with van der Waals surface area (Å²) in [4.78, 5) is 21.0. The zero-order valence-electron chi connectivity index (χ0n) is 7.13. The molecule has 0 saturated carbocycles. The van der Waals surface area contributed by atoms with Gasteiger partial charge in [-0.05, 0) is 0 Å². The number of aromatic nitrogens is 2. The van der Waals surface area contributed by atoms with Gasteiger partial charge in [-0.1, -0.05) is 34.8 Å². The van der Waals surface area contributed by atoms with Gasteiger partial charge in [0.25, 0.3) is 9.70 Å². The van der Waals surface area contributed by atoms with Gasteiger partial charge in [0, 0.05) is 12.4 Å². The highest BCUT2D eigenvalue weighted by Gasteiger charge is 2.30. The van der Waals surface area contributed by atoms with Crippen LogP contribution in [-0.2, 0) is 9.63 Å². The fraction of sp³-hybridized carbons (Fsp3) is 0.333. The van der Waals surface area contributed by atoms with Gasteiger partial charge >= 0.3 is 0 Å². The zero-order chi connectivity index (χ0) is 11.0. The average molecular weight is 261 g/mol. The normalized spacial score (nSPS) is 10.0. The van der Waals surface area contributed by atoms with Crippen LogP contribution in [0.4, 0.5) is 0 Å². The molecule has 0 aliphatic rings. The van der Waals surface area contributed by atoms with Gasteiger partial charge < -0.3 is 4.98 Å². The van der Waals surface area contributed by atoms with Crippen LogP contribution >= 0.6 is 34.8 Å². The minimum atomic E-state index is -1.95. The Balaban J connectivity index is 0.000000280. The maximum atomic E-state index is 10.4. The molecule has 0 saturated heterocycles. The predicted molar refractivity (Wildman–Crippen MR) is 54.0 cm³/mol. The summed E-state index contributed by atoms with van der Waals surface area (Å²) in [6.07, 6.45) is 5.08. The van der Waals surface area contributed by atoms with E-state index in [-0.39, 0.29) is 0 Å². The first kappa shape index (κ1) is 13.5. The van der Waals surface area contributed by atoms with Crippen LogP contribution in [-0.4, -0.2) is 26.8 Å². The molecule has 1 aromatic rings. The Morgan fingerprint density at radius 1 is 1.57 bits per heavy atom. The number of H-pyrrole nitrogens is 1. The summed E-state index contributed by atoms with van der Waals surface area (Å²) in [6.45, 7) is 0. The lowest BCUT2D eigenvalue weighted by Crippen LogP contribution is -2.33. The second-order valence-corrected chi connectivity index (χ2v) is 4.17. The van der Waals surface area contributed by atoms with Gasteiger partial charge in [-0.2, -0.15) is 0 Å². The van der Waals surface area contributed by atoms with Crippen molar-refractivity contribution >= 4 is 40.7 Å². The number of nitrogens with one attached hydrogen (secondary N) is 2. The second-order valence-electron chi connectivity index (χ2n) is 1.89. The van der Waals surface area contributed by atoms with Crippen LogP contribution in [0.5, 0.6) is 0 Å². The fourth-order valence-corrected chi connectivity index (χ4v) is 0.481. The standard InChI is InChI=1S/C3H4Cl3NO2.C3H4N2/c1-9-7-2(8)3(4,5)6;1-2-5-3-4-1/h1H3,(H,7,8);1-3H,(H,4,5). The molecule has 0 bridgehead atoms. The highest BCUT2D eigenvalue weighted by Crippen LogP contribution is 2.25. The quantitative estimate of drug-likeness (QED) is 0.593.